The zero-order valence-corrected chi connectivity index (χ0v) is 15.0. The van der Waals surface area contributed by atoms with Crippen molar-refractivity contribution in [2.45, 2.75) is 6.92 Å². The van der Waals surface area contributed by atoms with Gasteiger partial charge in [0.2, 0.25) is 0 Å². The second kappa shape index (κ2) is 6.64. The number of piperazine rings is 1. The number of aromatic nitrogens is 1. The van der Waals surface area contributed by atoms with Crippen LogP contribution in [0.1, 0.15) is 15.9 Å². The number of amides is 1. The SMILES string of the molecule is Cc1cccc(C(=O)N2CCN(c3nc4c(F)cc(F)cc4s3)CC2)c1. The number of carbonyl (C=O) groups excluding carboxylic acids is 1. The van der Waals surface area contributed by atoms with Gasteiger partial charge >= 0.3 is 0 Å². The lowest BCUT2D eigenvalue weighted by molar-refractivity contribution is 0.0746. The topological polar surface area (TPSA) is 36.4 Å². The van der Waals surface area contributed by atoms with Crippen LogP contribution in [0, 0.1) is 18.6 Å². The molecule has 2 heterocycles. The Morgan fingerprint density at radius 3 is 2.62 bits per heavy atom. The van der Waals surface area contributed by atoms with Crippen LogP contribution in [0.25, 0.3) is 10.2 Å². The third-order valence-electron chi connectivity index (χ3n) is 4.50. The molecule has 1 fully saturated rings. The molecule has 1 aliphatic heterocycles. The van der Waals surface area contributed by atoms with Gasteiger partial charge in [0.05, 0.1) is 4.70 Å². The van der Waals surface area contributed by atoms with Crippen molar-refractivity contribution < 1.29 is 13.6 Å². The van der Waals surface area contributed by atoms with Crippen LogP contribution in [-0.2, 0) is 0 Å². The van der Waals surface area contributed by atoms with Crippen LogP contribution < -0.4 is 4.90 Å². The van der Waals surface area contributed by atoms with E-state index in [0.717, 1.165) is 11.6 Å². The third kappa shape index (κ3) is 3.14. The Kier molecular flexibility index (Phi) is 4.32. The predicted molar refractivity (Wildman–Crippen MR) is 98.8 cm³/mol. The normalized spacial score (nSPS) is 14.9. The summed E-state index contributed by atoms with van der Waals surface area (Å²) in [6.07, 6.45) is 0. The first kappa shape index (κ1) is 16.9. The number of hydrogen-bond acceptors (Lipinski definition) is 4. The van der Waals surface area contributed by atoms with Crippen molar-refractivity contribution in [2.24, 2.45) is 0 Å². The van der Waals surface area contributed by atoms with Gasteiger partial charge < -0.3 is 9.80 Å². The third-order valence-corrected chi connectivity index (χ3v) is 5.57. The van der Waals surface area contributed by atoms with Crippen LogP contribution in [0.2, 0.25) is 0 Å². The summed E-state index contributed by atoms with van der Waals surface area (Å²) < 4.78 is 27.7. The molecule has 3 aromatic rings. The maximum absolute atomic E-state index is 13.8. The van der Waals surface area contributed by atoms with Crippen LogP contribution in [-0.4, -0.2) is 42.0 Å². The van der Waals surface area contributed by atoms with Crippen molar-refractivity contribution in [3.05, 3.63) is 59.2 Å². The molecular weight excluding hydrogens is 356 g/mol. The minimum atomic E-state index is -0.643. The minimum Gasteiger partial charge on any atom is -0.345 e. The summed E-state index contributed by atoms with van der Waals surface area (Å²) in [6, 6.07) is 9.71. The fraction of sp³-hybridized carbons (Fsp3) is 0.263. The molecule has 0 spiro atoms. The number of anilines is 1. The van der Waals surface area contributed by atoms with Gasteiger partial charge in [0, 0.05) is 37.8 Å². The van der Waals surface area contributed by atoms with Gasteiger partial charge in [-0.3, -0.25) is 4.79 Å². The lowest BCUT2D eigenvalue weighted by atomic mass is 10.1. The Morgan fingerprint density at radius 2 is 1.88 bits per heavy atom. The number of thiazole rings is 1. The van der Waals surface area contributed by atoms with Gasteiger partial charge in [0.15, 0.2) is 10.9 Å². The maximum Gasteiger partial charge on any atom is 0.253 e. The molecule has 0 saturated carbocycles. The van der Waals surface area contributed by atoms with Gasteiger partial charge in [-0.15, -0.1) is 0 Å². The number of hydrogen-bond donors (Lipinski definition) is 0. The van der Waals surface area contributed by atoms with Crippen LogP contribution in [0.3, 0.4) is 0 Å². The molecule has 1 saturated heterocycles. The molecule has 2 aromatic carbocycles. The average Bonchev–Trinajstić information content (AvgIpc) is 3.05. The van der Waals surface area contributed by atoms with Crippen molar-refractivity contribution >= 4 is 32.6 Å². The molecule has 0 atom stereocenters. The number of halogens is 2. The van der Waals surface area contributed by atoms with E-state index >= 15 is 0 Å². The van der Waals surface area contributed by atoms with Gasteiger partial charge in [-0.25, -0.2) is 13.8 Å². The molecule has 26 heavy (non-hydrogen) atoms. The smallest absolute Gasteiger partial charge is 0.253 e. The standard InChI is InChI=1S/C19H17F2N3OS/c1-12-3-2-4-13(9-12)18(25)23-5-7-24(8-6-23)19-22-17-15(21)10-14(20)11-16(17)26-19/h2-4,9-11H,5-8H2,1H3. The first-order chi connectivity index (χ1) is 12.5. The zero-order chi connectivity index (χ0) is 18.3. The summed E-state index contributed by atoms with van der Waals surface area (Å²) in [5.74, 6) is -1.22. The highest BCUT2D eigenvalue weighted by atomic mass is 32.1. The van der Waals surface area contributed by atoms with Crippen LogP contribution in [0.4, 0.5) is 13.9 Å². The monoisotopic (exact) mass is 373 g/mol. The number of aryl methyl sites for hydroxylation is 1. The lowest BCUT2D eigenvalue weighted by Gasteiger charge is -2.34. The minimum absolute atomic E-state index is 0.0192. The molecule has 4 rings (SSSR count). The Labute approximate surface area is 153 Å². The molecule has 7 heteroatoms. The largest absolute Gasteiger partial charge is 0.345 e. The summed E-state index contributed by atoms with van der Waals surface area (Å²) in [5, 5.41) is 0.659. The summed E-state index contributed by atoms with van der Waals surface area (Å²) in [4.78, 5) is 20.8. The van der Waals surface area contributed by atoms with Crippen molar-refractivity contribution in [1.82, 2.24) is 9.88 Å². The molecule has 0 unspecified atom stereocenters. The van der Waals surface area contributed by atoms with Crippen LogP contribution in [0.15, 0.2) is 36.4 Å². The fourth-order valence-electron chi connectivity index (χ4n) is 3.14. The Morgan fingerprint density at radius 1 is 1.12 bits per heavy atom. The Balaban J connectivity index is 1.48. The number of fused-ring (bicyclic) bond motifs is 1. The first-order valence-electron chi connectivity index (χ1n) is 8.38. The highest BCUT2D eigenvalue weighted by Crippen LogP contribution is 2.31. The van der Waals surface area contributed by atoms with Gasteiger partial charge in [0.25, 0.3) is 5.91 Å². The second-order valence-electron chi connectivity index (χ2n) is 6.38. The molecule has 0 bridgehead atoms. The number of nitrogens with zero attached hydrogens (tertiary/aromatic N) is 3. The van der Waals surface area contributed by atoms with Gasteiger partial charge in [-0.05, 0) is 25.1 Å². The summed E-state index contributed by atoms with van der Waals surface area (Å²) in [5.41, 5.74) is 1.94. The zero-order valence-electron chi connectivity index (χ0n) is 14.2. The van der Waals surface area contributed by atoms with Crippen molar-refractivity contribution in [1.29, 1.82) is 0 Å². The predicted octanol–water partition coefficient (Wildman–Crippen LogP) is 3.85. The molecule has 1 amide bonds. The summed E-state index contributed by atoms with van der Waals surface area (Å²) in [6.45, 7) is 4.33. The molecular formula is C19H17F2N3OS. The Bertz CT molecular complexity index is 980. The second-order valence-corrected chi connectivity index (χ2v) is 7.39. The molecule has 134 valence electrons. The van der Waals surface area contributed by atoms with Crippen molar-refractivity contribution in [3.63, 3.8) is 0 Å². The fourth-order valence-corrected chi connectivity index (χ4v) is 4.20. The summed E-state index contributed by atoms with van der Waals surface area (Å²) in [7, 11) is 0. The van der Waals surface area contributed by atoms with Gasteiger partial charge in [-0.2, -0.15) is 0 Å². The number of carbonyl (C=O) groups is 1. The number of benzene rings is 2. The molecule has 0 aliphatic carbocycles. The van der Waals surface area contributed by atoms with Gasteiger partial charge in [-0.1, -0.05) is 29.0 Å². The van der Waals surface area contributed by atoms with E-state index < -0.39 is 11.6 Å². The maximum atomic E-state index is 13.8. The van der Waals surface area contributed by atoms with Crippen LogP contribution >= 0.6 is 11.3 Å². The van der Waals surface area contributed by atoms with Gasteiger partial charge in [0.1, 0.15) is 11.3 Å². The van der Waals surface area contributed by atoms with E-state index in [-0.39, 0.29) is 11.4 Å². The van der Waals surface area contributed by atoms with Crippen molar-refractivity contribution in [2.75, 3.05) is 31.1 Å². The van der Waals surface area contributed by atoms with E-state index in [0.29, 0.717) is 41.6 Å². The van der Waals surface area contributed by atoms with E-state index in [9.17, 15) is 13.6 Å². The molecule has 0 N–H and O–H groups in total. The Hall–Kier alpha value is -2.54. The molecule has 4 nitrogen and oxygen atoms in total. The highest BCUT2D eigenvalue weighted by molar-refractivity contribution is 7.22. The van der Waals surface area contributed by atoms with E-state index in [1.54, 1.807) is 0 Å². The van der Waals surface area contributed by atoms with E-state index in [1.807, 2.05) is 41.0 Å². The van der Waals surface area contributed by atoms with Crippen molar-refractivity contribution in [3.8, 4) is 0 Å². The quantitative estimate of drug-likeness (QED) is 0.685. The summed E-state index contributed by atoms with van der Waals surface area (Å²) >= 11 is 1.27. The average molecular weight is 373 g/mol. The highest BCUT2D eigenvalue weighted by Gasteiger charge is 2.24. The number of rotatable bonds is 2. The lowest BCUT2D eigenvalue weighted by Crippen LogP contribution is -2.48. The molecule has 1 aliphatic rings. The van der Waals surface area contributed by atoms with E-state index in [2.05, 4.69) is 4.98 Å². The van der Waals surface area contributed by atoms with Crippen LogP contribution in [0.5, 0.6) is 0 Å². The molecule has 1 aromatic heterocycles. The van der Waals surface area contributed by atoms with E-state index in [1.165, 1.54) is 17.4 Å². The van der Waals surface area contributed by atoms with E-state index in [4.69, 9.17) is 0 Å². The first-order valence-corrected chi connectivity index (χ1v) is 9.19. The molecule has 0 radical (unpaired) electrons.